The number of anilines is 2. The Morgan fingerprint density at radius 2 is 1.43 bits per heavy atom. The van der Waals surface area contributed by atoms with Gasteiger partial charge in [0, 0.05) is 33.4 Å². The molecule has 0 radical (unpaired) electrons. The van der Waals surface area contributed by atoms with E-state index in [9.17, 15) is 9.59 Å². The normalized spacial score (nSPS) is 10.2. The van der Waals surface area contributed by atoms with E-state index in [0.717, 1.165) is 6.42 Å². The Kier molecular flexibility index (Phi) is 6.02. The number of hydrogen-bond acceptors (Lipinski definition) is 2. The van der Waals surface area contributed by atoms with E-state index in [0.29, 0.717) is 33.4 Å². The predicted molar refractivity (Wildman–Crippen MR) is 94.4 cm³/mol. The maximum Gasteiger partial charge on any atom is 0.255 e. The molecule has 0 aliphatic carbocycles. The van der Waals surface area contributed by atoms with Crippen LogP contribution in [0.3, 0.4) is 0 Å². The fourth-order valence-electron chi connectivity index (χ4n) is 1.98. The molecule has 0 spiro atoms. The summed E-state index contributed by atoms with van der Waals surface area (Å²) in [6, 6.07) is 11.5. The van der Waals surface area contributed by atoms with E-state index in [1.165, 1.54) is 0 Å². The fraction of sp³-hybridized carbons (Fsp3) is 0.176. The smallest absolute Gasteiger partial charge is 0.255 e. The standard InChI is InChI=1S/C17H16Cl2N2O2/c1-2-3-16(22)20-14-4-6-15(7-5-14)21-17(23)11-8-12(18)10-13(19)9-11/h4-10H,2-3H2,1H3,(H,20,22)(H,21,23). The Hall–Kier alpha value is -2.04. The summed E-state index contributed by atoms with van der Waals surface area (Å²) < 4.78 is 0. The Morgan fingerprint density at radius 1 is 0.913 bits per heavy atom. The quantitative estimate of drug-likeness (QED) is 0.798. The van der Waals surface area contributed by atoms with E-state index in [1.807, 2.05) is 6.92 Å². The summed E-state index contributed by atoms with van der Waals surface area (Å²) in [7, 11) is 0. The highest BCUT2D eigenvalue weighted by Crippen LogP contribution is 2.20. The zero-order valence-electron chi connectivity index (χ0n) is 12.5. The molecule has 0 atom stereocenters. The van der Waals surface area contributed by atoms with Gasteiger partial charge in [0.1, 0.15) is 0 Å². The zero-order chi connectivity index (χ0) is 16.8. The minimum atomic E-state index is -0.308. The van der Waals surface area contributed by atoms with Crippen LogP contribution in [0.15, 0.2) is 42.5 Å². The van der Waals surface area contributed by atoms with Crippen molar-refractivity contribution in [1.29, 1.82) is 0 Å². The molecule has 0 aliphatic heterocycles. The van der Waals surface area contributed by atoms with Crippen molar-refractivity contribution >= 4 is 46.4 Å². The van der Waals surface area contributed by atoms with Gasteiger partial charge in [-0.2, -0.15) is 0 Å². The average Bonchev–Trinajstić information content (AvgIpc) is 2.48. The van der Waals surface area contributed by atoms with Gasteiger partial charge in [0.05, 0.1) is 0 Å². The van der Waals surface area contributed by atoms with Crippen molar-refractivity contribution in [3.63, 3.8) is 0 Å². The van der Waals surface area contributed by atoms with E-state index >= 15 is 0 Å². The number of hydrogen-bond donors (Lipinski definition) is 2. The molecule has 4 nitrogen and oxygen atoms in total. The van der Waals surface area contributed by atoms with Crippen LogP contribution in [0.1, 0.15) is 30.1 Å². The largest absolute Gasteiger partial charge is 0.326 e. The second-order valence-electron chi connectivity index (χ2n) is 4.99. The van der Waals surface area contributed by atoms with Crippen LogP contribution >= 0.6 is 23.2 Å². The number of rotatable bonds is 5. The first-order valence-electron chi connectivity index (χ1n) is 7.15. The maximum absolute atomic E-state index is 12.2. The van der Waals surface area contributed by atoms with E-state index in [2.05, 4.69) is 10.6 Å². The van der Waals surface area contributed by atoms with Crippen LogP contribution in [-0.2, 0) is 4.79 Å². The highest BCUT2D eigenvalue weighted by Gasteiger charge is 2.08. The molecule has 0 saturated carbocycles. The van der Waals surface area contributed by atoms with Gasteiger partial charge >= 0.3 is 0 Å². The molecule has 2 N–H and O–H groups in total. The Morgan fingerprint density at radius 3 is 1.96 bits per heavy atom. The number of carbonyl (C=O) groups excluding carboxylic acids is 2. The van der Waals surface area contributed by atoms with Gasteiger partial charge in [0.25, 0.3) is 5.91 Å². The van der Waals surface area contributed by atoms with Crippen molar-refractivity contribution in [2.45, 2.75) is 19.8 Å². The van der Waals surface area contributed by atoms with Gasteiger partial charge in [-0.1, -0.05) is 30.1 Å². The molecule has 23 heavy (non-hydrogen) atoms. The monoisotopic (exact) mass is 350 g/mol. The van der Waals surface area contributed by atoms with Gasteiger partial charge < -0.3 is 10.6 Å². The fourth-order valence-corrected chi connectivity index (χ4v) is 2.50. The third kappa shape index (κ3) is 5.27. The molecule has 0 unspecified atom stereocenters. The second kappa shape index (κ2) is 7.99. The lowest BCUT2D eigenvalue weighted by Crippen LogP contribution is -2.12. The van der Waals surface area contributed by atoms with E-state index in [-0.39, 0.29) is 11.8 Å². The minimum absolute atomic E-state index is 0.0298. The summed E-state index contributed by atoms with van der Waals surface area (Å²) in [4.78, 5) is 23.7. The number of benzene rings is 2. The molecule has 2 amide bonds. The van der Waals surface area contributed by atoms with Crippen LogP contribution in [-0.4, -0.2) is 11.8 Å². The topological polar surface area (TPSA) is 58.2 Å². The highest BCUT2D eigenvalue weighted by molar-refractivity contribution is 6.35. The van der Waals surface area contributed by atoms with Crippen molar-refractivity contribution < 1.29 is 9.59 Å². The number of amides is 2. The van der Waals surface area contributed by atoms with Gasteiger partial charge in [0.2, 0.25) is 5.91 Å². The maximum atomic E-state index is 12.2. The number of halogens is 2. The summed E-state index contributed by atoms with van der Waals surface area (Å²) in [5.74, 6) is -0.338. The second-order valence-corrected chi connectivity index (χ2v) is 5.86. The first-order chi connectivity index (χ1) is 11.0. The molecule has 120 valence electrons. The molecular formula is C17H16Cl2N2O2. The lowest BCUT2D eigenvalue weighted by atomic mass is 10.2. The first kappa shape index (κ1) is 17.3. The van der Waals surface area contributed by atoms with E-state index < -0.39 is 0 Å². The van der Waals surface area contributed by atoms with Crippen molar-refractivity contribution in [1.82, 2.24) is 0 Å². The van der Waals surface area contributed by atoms with Crippen molar-refractivity contribution in [2.24, 2.45) is 0 Å². The summed E-state index contributed by atoms with van der Waals surface area (Å²) in [5, 5.41) is 6.33. The van der Waals surface area contributed by atoms with Gasteiger partial charge in [-0.15, -0.1) is 0 Å². The first-order valence-corrected chi connectivity index (χ1v) is 7.91. The molecule has 6 heteroatoms. The molecular weight excluding hydrogens is 335 g/mol. The van der Waals surface area contributed by atoms with Crippen LogP contribution < -0.4 is 10.6 Å². The molecule has 0 heterocycles. The lowest BCUT2D eigenvalue weighted by Gasteiger charge is -2.08. The summed E-state index contributed by atoms with van der Waals surface area (Å²) in [6.07, 6.45) is 1.27. The zero-order valence-corrected chi connectivity index (χ0v) is 14.0. The van der Waals surface area contributed by atoms with Crippen molar-refractivity contribution in [3.05, 3.63) is 58.1 Å². The Bertz CT molecular complexity index is 695. The summed E-state index contributed by atoms with van der Waals surface area (Å²) >= 11 is 11.8. The Balaban J connectivity index is 2.02. The lowest BCUT2D eigenvalue weighted by molar-refractivity contribution is -0.116. The highest BCUT2D eigenvalue weighted by atomic mass is 35.5. The number of nitrogens with one attached hydrogen (secondary N) is 2. The van der Waals surface area contributed by atoms with Crippen LogP contribution in [0.5, 0.6) is 0 Å². The molecule has 0 bridgehead atoms. The summed E-state index contributed by atoms with van der Waals surface area (Å²) in [6.45, 7) is 1.94. The molecule has 0 aromatic heterocycles. The molecule has 0 aliphatic rings. The van der Waals surface area contributed by atoms with Gasteiger partial charge in [-0.3, -0.25) is 9.59 Å². The minimum Gasteiger partial charge on any atom is -0.326 e. The van der Waals surface area contributed by atoms with Crippen molar-refractivity contribution in [2.75, 3.05) is 10.6 Å². The van der Waals surface area contributed by atoms with Crippen LogP contribution in [0.4, 0.5) is 11.4 Å². The molecule has 0 saturated heterocycles. The molecule has 2 rings (SSSR count). The van der Waals surface area contributed by atoms with Gasteiger partial charge in [-0.05, 0) is 48.9 Å². The average molecular weight is 351 g/mol. The third-order valence-electron chi connectivity index (χ3n) is 3.03. The molecule has 2 aromatic carbocycles. The molecule has 2 aromatic rings. The van der Waals surface area contributed by atoms with Crippen molar-refractivity contribution in [3.8, 4) is 0 Å². The molecule has 0 fully saturated rings. The van der Waals surface area contributed by atoms with Crippen LogP contribution in [0.25, 0.3) is 0 Å². The third-order valence-corrected chi connectivity index (χ3v) is 3.46. The van der Waals surface area contributed by atoms with Crippen LogP contribution in [0, 0.1) is 0 Å². The van der Waals surface area contributed by atoms with E-state index in [4.69, 9.17) is 23.2 Å². The SMILES string of the molecule is CCCC(=O)Nc1ccc(NC(=O)c2cc(Cl)cc(Cl)c2)cc1. The number of carbonyl (C=O) groups is 2. The summed E-state index contributed by atoms with van der Waals surface area (Å²) in [5.41, 5.74) is 1.68. The van der Waals surface area contributed by atoms with Gasteiger partial charge in [-0.25, -0.2) is 0 Å². The van der Waals surface area contributed by atoms with E-state index in [1.54, 1.807) is 42.5 Å². The van der Waals surface area contributed by atoms with Gasteiger partial charge in [0.15, 0.2) is 0 Å². The van der Waals surface area contributed by atoms with Crippen LogP contribution in [0.2, 0.25) is 10.0 Å². The predicted octanol–water partition coefficient (Wildman–Crippen LogP) is 4.98. The Labute approximate surface area is 144 Å².